The van der Waals surface area contributed by atoms with Gasteiger partial charge in [-0.2, -0.15) is 19.0 Å². The SMILES string of the molecule is FC(F)Oc1cc(Nc2cnc3cnn(Cc4ccno4)c3n2)n[nH]1. The van der Waals surface area contributed by atoms with Crippen LogP contribution in [0.25, 0.3) is 11.2 Å². The Labute approximate surface area is 137 Å². The lowest BCUT2D eigenvalue weighted by atomic mass is 10.4. The van der Waals surface area contributed by atoms with Gasteiger partial charge in [-0.3, -0.25) is 0 Å². The second kappa shape index (κ2) is 6.14. The van der Waals surface area contributed by atoms with E-state index < -0.39 is 6.61 Å². The van der Waals surface area contributed by atoms with Gasteiger partial charge in [0.1, 0.15) is 12.1 Å². The molecule has 0 saturated heterocycles. The fourth-order valence-corrected chi connectivity index (χ4v) is 2.15. The fourth-order valence-electron chi connectivity index (χ4n) is 2.15. The summed E-state index contributed by atoms with van der Waals surface area (Å²) in [5.41, 5.74) is 1.11. The number of hydrogen-bond donors (Lipinski definition) is 2. The Morgan fingerprint density at radius 3 is 3.04 bits per heavy atom. The standard InChI is InChI=1S/C13H10F2N8O2/c14-13(15)24-11-3-9(21-22-11)19-10-5-16-8-4-17-23(12(8)20-10)6-7-1-2-18-25-7/h1-5,13H,6H2,(H2,19,20,21,22). The number of rotatable bonds is 6. The van der Waals surface area contributed by atoms with Gasteiger partial charge in [-0.05, 0) is 0 Å². The maximum Gasteiger partial charge on any atom is 0.388 e. The summed E-state index contributed by atoms with van der Waals surface area (Å²) >= 11 is 0. The van der Waals surface area contributed by atoms with Crippen molar-refractivity contribution in [1.82, 2.24) is 35.1 Å². The molecule has 4 aromatic rings. The first-order valence-corrected chi connectivity index (χ1v) is 7.03. The molecule has 10 nitrogen and oxygen atoms in total. The fraction of sp³-hybridized carbons (Fsp3) is 0.154. The number of aromatic nitrogens is 7. The van der Waals surface area contributed by atoms with Gasteiger partial charge in [0.15, 0.2) is 23.0 Å². The van der Waals surface area contributed by atoms with E-state index >= 15 is 0 Å². The van der Waals surface area contributed by atoms with E-state index in [4.69, 9.17) is 4.52 Å². The highest BCUT2D eigenvalue weighted by molar-refractivity contribution is 5.72. The van der Waals surface area contributed by atoms with E-state index in [0.717, 1.165) is 0 Å². The number of anilines is 2. The van der Waals surface area contributed by atoms with Gasteiger partial charge in [-0.15, -0.1) is 0 Å². The van der Waals surface area contributed by atoms with Gasteiger partial charge >= 0.3 is 6.61 Å². The largest absolute Gasteiger partial charge is 0.417 e. The van der Waals surface area contributed by atoms with Crippen LogP contribution in [-0.2, 0) is 6.54 Å². The molecule has 0 unspecified atom stereocenters. The first-order valence-electron chi connectivity index (χ1n) is 7.03. The van der Waals surface area contributed by atoms with Crippen LogP contribution in [-0.4, -0.2) is 41.7 Å². The molecule has 0 spiro atoms. The van der Waals surface area contributed by atoms with Crippen LogP contribution in [0.3, 0.4) is 0 Å². The van der Waals surface area contributed by atoms with E-state index in [1.807, 2.05) is 0 Å². The van der Waals surface area contributed by atoms with Crippen molar-refractivity contribution in [3.8, 4) is 5.88 Å². The number of ether oxygens (including phenoxy) is 1. The Kier molecular flexibility index (Phi) is 3.68. The molecular weight excluding hydrogens is 338 g/mol. The first kappa shape index (κ1) is 15.0. The molecule has 0 bridgehead atoms. The summed E-state index contributed by atoms with van der Waals surface area (Å²) in [6, 6.07) is 3.00. The summed E-state index contributed by atoms with van der Waals surface area (Å²) < 4.78 is 35.2. The average molecular weight is 348 g/mol. The molecule has 0 fully saturated rings. The predicted molar refractivity (Wildman–Crippen MR) is 79.4 cm³/mol. The van der Waals surface area contributed by atoms with Gasteiger partial charge in [0.25, 0.3) is 0 Å². The second-order valence-corrected chi connectivity index (χ2v) is 4.87. The molecule has 12 heteroatoms. The van der Waals surface area contributed by atoms with Crippen LogP contribution in [0.15, 0.2) is 35.2 Å². The third-order valence-electron chi connectivity index (χ3n) is 3.17. The first-order chi connectivity index (χ1) is 12.2. The van der Waals surface area contributed by atoms with Crippen molar-refractivity contribution in [2.45, 2.75) is 13.2 Å². The van der Waals surface area contributed by atoms with Crippen molar-refractivity contribution in [2.24, 2.45) is 0 Å². The summed E-state index contributed by atoms with van der Waals surface area (Å²) in [5.74, 6) is 1.07. The molecule has 4 aromatic heterocycles. The smallest absolute Gasteiger partial charge is 0.388 e. The predicted octanol–water partition coefficient (Wildman–Crippen LogP) is 1.93. The number of hydrogen-bond acceptors (Lipinski definition) is 8. The molecule has 25 heavy (non-hydrogen) atoms. The Hall–Kier alpha value is -3.57. The van der Waals surface area contributed by atoms with Crippen LogP contribution >= 0.6 is 0 Å². The summed E-state index contributed by atoms with van der Waals surface area (Å²) in [7, 11) is 0. The number of H-pyrrole nitrogens is 1. The minimum Gasteiger partial charge on any atom is -0.417 e. The van der Waals surface area contributed by atoms with Gasteiger partial charge in [0.05, 0.1) is 18.6 Å². The topological polar surface area (TPSA) is 120 Å². The van der Waals surface area contributed by atoms with Crippen LogP contribution in [0.5, 0.6) is 5.88 Å². The van der Waals surface area contributed by atoms with Gasteiger partial charge in [-0.1, -0.05) is 5.16 Å². The van der Waals surface area contributed by atoms with Crippen LogP contribution in [0.2, 0.25) is 0 Å². The highest BCUT2D eigenvalue weighted by atomic mass is 19.3. The molecule has 0 amide bonds. The average Bonchev–Trinajstić information content (AvgIpc) is 3.30. The Morgan fingerprint density at radius 2 is 2.24 bits per heavy atom. The van der Waals surface area contributed by atoms with Crippen molar-refractivity contribution >= 4 is 22.8 Å². The lowest BCUT2D eigenvalue weighted by Gasteiger charge is -2.03. The molecule has 0 aromatic carbocycles. The maximum atomic E-state index is 12.2. The zero-order valence-corrected chi connectivity index (χ0v) is 12.4. The van der Waals surface area contributed by atoms with Crippen molar-refractivity contribution in [3.63, 3.8) is 0 Å². The summed E-state index contributed by atoms with van der Waals surface area (Å²) in [5, 5.41) is 16.8. The van der Waals surface area contributed by atoms with Crippen LogP contribution < -0.4 is 10.1 Å². The zero-order valence-electron chi connectivity index (χ0n) is 12.4. The maximum absolute atomic E-state index is 12.2. The Balaban J connectivity index is 1.57. The van der Waals surface area contributed by atoms with E-state index in [1.54, 1.807) is 16.9 Å². The number of nitrogens with zero attached hydrogens (tertiary/aromatic N) is 6. The Bertz CT molecular complexity index is 981. The van der Waals surface area contributed by atoms with Crippen LogP contribution in [0.4, 0.5) is 20.4 Å². The van der Waals surface area contributed by atoms with Gasteiger partial charge < -0.3 is 14.6 Å². The summed E-state index contributed by atoms with van der Waals surface area (Å²) in [6.07, 6.45) is 4.59. The highest BCUT2D eigenvalue weighted by Gasteiger charge is 2.11. The minimum absolute atomic E-state index is 0.165. The van der Waals surface area contributed by atoms with E-state index in [-0.39, 0.29) is 11.7 Å². The monoisotopic (exact) mass is 348 g/mol. The van der Waals surface area contributed by atoms with E-state index in [9.17, 15) is 8.78 Å². The molecule has 4 heterocycles. The van der Waals surface area contributed by atoms with Gasteiger partial charge in [-0.25, -0.2) is 19.7 Å². The quantitative estimate of drug-likeness (QED) is 0.542. The van der Waals surface area contributed by atoms with Crippen LogP contribution in [0.1, 0.15) is 5.76 Å². The lowest BCUT2D eigenvalue weighted by Crippen LogP contribution is -2.03. The van der Waals surface area contributed by atoms with E-state index in [2.05, 4.69) is 40.5 Å². The van der Waals surface area contributed by atoms with Gasteiger partial charge in [0, 0.05) is 12.1 Å². The molecular formula is C13H10F2N8O2. The Morgan fingerprint density at radius 1 is 1.32 bits per heavy atom. The molecule has 2 N–H and O–H groups in total. The molecule has 0 saturated carbocycles. The number of nitrogens with one attached hydrogen (secondary N) is 2. The zero-order chi connectivity index (χ0) is 17.2. The number of halogens is 2. The van der Waals surface area contributed by atoms with Crippen molar-refractivity contribution < 1.29 is 18.0 Å². The summed E-state index contributed by atoms with van der Waals surface area (Å²) in [4.78, 5) is 8.64. The van der Waals surface area contributed by atoms with E-state index in [1.165, 1.54) is 18.5 Å². The molecule has 128 valence electrons. The molecule has 0 aliphatic carbocycles. The third kappa shape index (κ3) is 3.22. The highest BCUT2D eigenvalue weighted by Crippen LogP contribution is 2.20. The lowest BCUT2D eigenvalue weighted by molar-refractivity contribution is -0.0528. The van der Waals surface area contributed by atoms with Crippen molar-refractivity contribution in [2.75, 3.05) is 5.32 Å². The molecule has 0 atom stereocenters. The van der Waals surface area contributed by atoms with Gasteiger partial charge in [0.2, 0.25) is 5.88 Å². The number of alkyl halides is 2. The normalized spacial score (nSPS) is 11.3. The minimum atomic E-state index is -2.94. The van der Waals surface area contributed by atoms with E-state index in [0.29, 0.717) is 29.3 Å². The molecule has 0 radical (unpaired) electrons. The van der Waals surface area contributed by atoms with Crippen molar-refractivity contribution in [3.05, 3.63) is 36.5 Å². The number of fused-ring (bicyclic) bond motifs is 1. The van der Waals surface area contributed by atoms with Crippen LogP contribution in [0, 0.1) is 0 Å². The molecule has 0 aliphatic heterocycles. The number of aromatic amines is 1. The summed E-state index contributed by atoms with van der Waals surface area (Å²) in [6.45, 7) is -2.59. The molecule has 0 aliphatic rings. The molecule has 4 rings (SSSR count). The van der Waals surface area contributed by atoms with Crippen molar-refractivity contribution in [1.29, 1.82) is 0 Å². The third-order valence-corrected chi connectivity index (χ3v) is 3.17. The second-order valence-electron chi connectivity index (χ2n) is 4.87.